The second kappa shape index (κ2) is 11.3. The fraction of sp³-hybridized carbons (Fsp3) is 0.182. The molecule has 1 heterocycles. The second-order valence-electron chi connectivity index (χ2n) is 6.60. The molecular weight excluding hydrogens is 593 g/mol. The predicted molar refractivity (Wildman–Crippen MR) is 132 cm³/mol. The number of ether oxygens (including phenoxy) is 2. The fourth-order valence-corrected chi connectivity index (χ4v) is 3.75. The Morgan fingerprint density at radius 3 is 2.52 bits per heavy atom. The zero-order valence-electron chi connectivity index (χ0n) is 17.1. The van der Waals surface area contributed by atoms with Crippen LogP contribution in [0, 0.1) is 3.57 Å². The van der Waals surface area contributed by atoms with Crippen molar-refractivity contribution in [3.8, 4) is 11.5 Å². The smallest absolute Gasteiger partial charge is 0.417 e. The average molecular weight is 610 g/mol. The van der Waals surface area contributed by atoms with Crippen LogP contribution in [0.4, 0.5) is 19.0 Å². The third-order valence-electron chi connectivity index (χ3n) is 4.18. The highest BCUT2D eigenvalue weighted by molar-refractivity contribution is 14.1. The Morgan fingerprint density at radius 2 is 1.88 bits per heavy atom. The van der Waals surface area contributed by atoms with Crippen LogP contribution in [0.1, 0.15) is 23.6 Å². The summed E-state index contributed by atoms with van der Waals surface area (Å²) in [6, 6.07) is 11.0. The number of hydrogen-bond acceptors (Lipinski definition) is 5. The number of anilines is 1. The summed E-state index contributed by atoms with van der Waals surface area (Å²) in [5, 5.41) is 4.95. The van der Waals surface area contributed by atoms with Gasteiger partial charge in [-0.1, -0.05) is 29.3 Å². The van der Waals surface area contributed by atoms with Gasteiger partial charge in [0.05, 0.1) is 32.0 Å². The van der Waals surface area contributed by atoms with Gasteiger partial charge >= 0.3 is 6.18 Å². The largest absolute Gasteiger partial charge is 0.490 e. The molecule has 0 radical (unpaired) electrons. The molecule has 0 amide bonds. The molecule has 0 unspecified atom stereocenters. The molecule has 0 atom stereocenters. The summed E-state index contributed by atoms with van der Waals surface area (Å²) in [5.74, 6) is 1.28. The molecule has 0 bridgehead atoms. The minimum atomic E-state index is -4.44. The lowest BCUT2D eigenvalue weighted by Crippen LogP contribution is -2.05. The number of rotatable bonds is 8. The molecule has 0 aliphatic carbocycles. The molecule has 0 saturated carbocycles. The molecule has 174 valence electrons. The molecule has 2 aromatic carbocycles. The van der Waals surface area contributed by atoms with E-state index in [4.69, 9.17) is 32.7 Å². The Labute approximate surface area is 212 Å². The number of halogens is 6. The van der Waals surface area contributed by atoms with E-state index in [1.807, 2.05) is 19.1 Å². The summed E-state index contributed by atoms with van der Waals surface area (Å²) in [5.41, 5.74) is 3.32. The van der Waals surface area contributed by atoms with Gasteiger partial charge in [0.2, 0.25) is 0 Å². The van der Waals surface area contributed by atoms with Crippen LogP contribution in [0.3, 0.4) is 0 Å². The maximum atomic E-state index is 12.6. The van der Waals surface area contributed by atoms with Gasteiger partial charge in [0, 0.05) is 6.20 Å². The maximum absolute atomic E-state index is 12.6. The third-order valence-corrected chi connectivity index (χ3v) is 5.72. The number of aromatic nitrogens is 1. The van der Waals surface area contributed by atoms with E-state index in [0.717, 1.165) is 21.4 Å². The van der Waals surface area contributed by atoms with Crippen molar-refractivity contribution in [3.63, 3.8) is 0 Å². The van der Waals surface area contributed by atoms with Crippen molar-refractivity contribution in [2.75, 3.05) is 12.0 Å². The van der Waals surface area contributed by atoms with E-state index in [1.54, 1.807) is 18.2 Å². The molecule has 11 heteroatoms. The van der Waals surface area contributed by atoms with Crippen LogP contribution in [0.25, 0.3) is 0 Å². The lowest BCUT2D eigenvalue weighted by Gasteiger charge is -2.15. The van der Waals surface area contributed by atoms with Crippen LogP contribution < -0.4 is 14.9 Å². The first-order valence-corrected chi connectivity index (χ1v) is 11.4. The summed E-state index contributed by atoms with van der Waals surface area (Å²) in [6.07, 6.45) is -2.19. The molecule has 3 rings (SSSR count). The molecule has 5 nitrogen and oxygen atoms in total. The van der Waals surface area contributed by atoms with Gasteiger partial charge in [0.1, 0.15) is 12.4 Å². The molecule has 33 heavy (non-hydrogen) atoms. The quantitative estimate of drug-likeness (QED) is 0.164. The van der Waals surface area contributed by atoms with E-state index in [-0.39, 0.29) is 12.4 Å². The van der Waals surface area contributed by atoms with Crippen molar-refractivity contribution in [1.29, 1.82) is 0 Å². The zero-order valence-corrected chi connectivity index (χ0v) is 20.8. The molecular formula is C22H17Cl2F3IN3O2. The van der Waals surface area contributed by atoms with Crippen molar-refractivity contribution in [3.05, 3.63) is 79.0 Å². The Hall–Kier alpha value is -2.24. The van der Waals surface area contributed by atoms with E-state index in [2.05, 4.69) is 38.1 Å². The van der Waals surface area contributed by atoms with Crippen LogP contribution >= 0.6 is 45.8 Å². The van der Waals surface area contributed by atoms with E-state index in [1.165, 1.54) is 12.3 Å². The van der Waals surface area contributed by atoms with Gasteiger partial charge in [-0.2, -0.15) is 18.3 Å². The van der Waals surface area contributed by atoms with Gasteiger partial charge < -0.3 is 9.47 Å². The van der Waals surface area contributed by atoms with E-state index < -0.39 is 11.7 Å². The highest BCUT2D eigenvalue weighted by Crippen LogP contribution is 2.35. The SMILES string of the molecule is CCOc1cc(/C=N\Nc2ccc(C(F)(F)F)cn2)cc(I)c1OCc1ccc(Cl)c(Cl)c1. The zero-order chi connectivity index (χ0) is 24.0. The van der Waals surface area contributed by atoms with E-state index in [0.29, 0.717) is 33.7 Å². The molecule has 0 saturated heterocycles. The van der Waals surface area contributed by atoms with Gasteiger partial charge in [-0.15, -0.1) is 0 Å². The van der Waals surface area contributed by atoms with Crippen molar-refractivity contribution < 1.29 is 22.6 Å². The molecule has 1 N–H and O–H groups in total. The minimum Gasteiger partial charge on any atom is -0.490 e. The summed E-state index contributed by atoms with van der Waals surface area (Å²) >= 11 is 14.1. The van der Waals surface area contributed by atoms with Crippen LogP contribution in [0.2, 0.25) is 10.0 Å². The number of hydrogen-bond donors (Lipinski definition) is 1. The summed E-state index contributed by atoms with van der Waals surface area (Å²) in [6.45, 7) is 2.54. The molecule has 0 aliphatic heterocycles. The fourth-order valence-electron chi connectivity index (χ4n) is 2.65. The Morgan fingerprint density at radius 1 is 1.09 bits per heavy atom. The van der Waals surface area contributed by atoms with Gasteiger partial charge in [0.15, 0.2) is 11.5 Å². The first kappa shape index (κ1) is 25.4. The number of pyridine rings is 1. The Bertz CT molecular complexity index is 1140. The topological polar surface area (TPSA) is 55.7 Å². The molecule has 1 aromatic heterocycles. The molecule has 0 aliphatic rings. The Kier molecular flexibility index (Phi) is 8.66. The van der Waals surface area contributed by atoms with Crippen LogP contribution in [0.5, 0.6) is 11.5 Å². The van der Waals surface area contributed by atoms with E-state index in [9.17, 15) is 13.2 Å². The van der Waals surface area contributed by atoms with Crippen LogP contribution in [-0.4, -0.2) is 17.8 Å². The number of alkyl halides is 3. The van der Waals surface area contributed by atoms with Gasteiger partial charge in [-0.25, -0.2) is 4.98 Å². The molecule has 3 aromatic rings. The Balaban J connectivity index is 1.72. The van der Waals surface area contributed by atoms with Gasteiger partial charge in [-0.3, -0.25) is 5.43 Å². The maximum Gasteiger partial charge on any atom is 0.417 e. The third kappa shape index (κ3) is 7.12. The first-order chi connectivity index (χ1) is 15.7. The van der Waals surface area contributed by atoms with Crippen LogP contribution in [-0.2, 0) is 12.8 Å². The lowest BCUT2D eigenvalue weighted by molar-refractivity contribution is -0.137. The van der Waals surface area contributed by atoms with Gasteiger partial charge in [0.25, 0.3) is 0 Å². The molecule has 0 spiro atoms. The predicted octanol–water partition coefficient (Wildman–Crippen LogP) is 7.44. The number of benzene rings is 2. The normalized spacial score (nSPS) is 11.6. The summed E-state index contributed by atoms with van der Waals surface area (Å²) in [7, 11) is 0. The van der Waals surface area contributed by atoms with E-state index >= 15 is 0 Å². The average Bonchev–Trinajstić information content (AvgIpc) is 2.75. The first-order valence-electron chi connectivity index (χ1n) is 9.52. The van der Waals surface area contributed by atoms with Gasteiger partial charge in [-0.05, 0) is 77.0 Å². The number of nitrogens with one attached hydrogen (secondary N) is 1. The minimum absolute atomic E-state index is 0.181. The summed E-state index contributed by atoms with van der Waals surface area (Å²) < 4.78 is 50.4. The molecule has 0 fully saturated rings. The van der Waals surface area contributed by atoms with Crippen molar-refractivity contribution in [1.82, 2.24) is 4.98 Å². The highest BCUT2D eigenvalue weighted by atomic mass is 127. The number of hydrazone groups is 1. The van der Waals surface area contributed by atoms with Crippen molar-refractivity contribution in [2.45, 2.75) is 19.7 Å². The standard InChI is InChI=1S/C22H17Cl2F3IN3O2/c1-2-32-19-9-14(10-30-31-20-6-4-15(11-29-20)22(25,26)27)8-18(28)21(19)33-12-13-3-5-16(23)17(24)7-13/h3-11H,2,12H2,1H3,(H,29,31)/b30-10-. The second-order valence-corrected chi connectivity index (χ2v) is 8.58. The number of nitrogens with zero attached hydrogens (tertiary/aromatic N) is 2. The summed E-state index contributed by atoms with van der Waals surface area (Å²) in [4.78, 5) is 3.71. The lowest BCUT2D eigenvalue weighted by atomic mass is 10.2. The highest BCUT2D eigenvalue weighted by Gasteiger charge is 2.30. The van der Waals surface area contributed by atoms with Crippen molar-refractivity contribution in [2.24, 2.45) is 5.10 Å². The monoisotopic (exact) mass is 609 g/mol. The van der Waals surface area contributed by atoms with Crippen molar-refractivity contribution >= 4 is 57.8 Å². The van der Waals surface area contributed by atoms with Crippen LogP contribution in [0.15, 0.2) is 53.8 Å².